The van der Waals surface area contributed by atoms with Crippen molar-refractivity contribution in [2.45, 2.75) is 0 Å². The number of H-pyrrole nitrogens is 1. The highest BCUT2D eigenvalue weighted by Gasteiger charge is 2.02. The first kappa shape index (κ1) is 10.5. The molecule has 0 aliphatic carbocycles. The van der Waals surface area contributed by atoms with Gasteiger partial charge >= 0.3 is 0 Å². The minimum atomic E-state index is 0.328. The molecule has 15 heavy (non-hydrogen) atoms. The van der Waals surface area contributed by atoms with Gasteiger partial charge in [-0.15, -0.1) is 11.3 Å². The molecule has 0 spiro atoms. The number of aromatic amines is 1. The van der Waals surface area contributed by atoms with Gasteiger partial charge in [0.1, 0.15) is 9.63 Å². The average molecular weight is 252 g/mol. The normalized spacial score (nSPS) is 10.1. The van der Waals surface area contributed by atoms with E-state index in [0.717, 1.165) is 16.1 Å². The van der Waals surface area contributed by atoms with Crippen LogP contribution in [0.25, 0.3) is 10.6 Å². The zero-order valence-corrected chi connectivity index (χ0v) is 10.1. The van der Waals surface area contributed by atoms with Gasteiger partial charge in [0.2, 0.25) is 0 Å². The van der Waals surface area contributed by atoms with Crippen molar-refractivity contribution in [1.82, 2.24) is 4.98 Å². The number of thiophene rings is 1. The van der Waals surface area contributed by atoms with Gasteiger partial charge in [-0.05, 0) is 23.6 Å². The number of pyridine rings is 1. The lowest BCUT2D eigenvalue weighted by Gasteiger charge is -2.02. The summed E-state index contributed by atoms with van der Waals surface area (Å²) in [6.45, 7) is 0. The van der Waals surface area contributed by atoms with E-state index in [9.17, 15) is 0 Å². The van der Waals surface area contributed by atoms with Crippen molar-refractivity contribution in [3.63, 3.8) is 0 Å². The predicted molar refractivity (Wildman–Crippen MR) is 70.8 cm³/mol. The third-order valence-electron chi connectivity index (χ3n) is 1.96. The van der Waals surface area contributed by atoms with Crippen molar-refractivity contribution < 1.29 is 0 Å². The average Bonchev–Trinajstić information content (AvgIpc) is 2.69. The second-order valence-corrected chi connectivity index (χ2v) is 4.75. The molecule has 76 valence electrons. The lowest BCUT2D eigenvalue weighted by atomic mass is 10.2. The Morgan fingerprint density at radius 1 is 1.33 bits per heavy atom. The monoisotopic (exact) mass is 252 g/mol. The standard InChI is InChI=1S/C10H8N2S3/c11-9(13)6-3-4-7(12-10(6)14)8-2-1-5-15-8/h1-5H,(H2,11,13)(H,12,14). The molecule has 0 amide bonds. The van der Waals surface area contributed by atoms with E-state index in [1.807, 2.05) is 29.6 Å². The number of rotatable bonds is 2. The van der Waals surface area contributed by atoms with Crippen LogP contribution in [0.5, 0.6) is 0 Å². The quantitative estimate of drug-likeness (QED) is 0.807. The third-order valence-corrected chi connectivity index (χ3v) is 3.41. The Kier molecular flexibility index (Phi) is 2.95. The first-order valence-corrected chi connectivity index (χ1v) is 5.95. The predicted octanol–water partition coefficient (Wildman–Crippen LogP) is 3.11. The van der Waals surface area contributed by atoms with Crippen LogP contribution in [0.1, 0.15) is 5.56 Å². The number of aromatic nitrogens is 1. The molecule has 0 aromatic carbocycles. The van der Waals surface area contributed by atoms with E-state index in [4.69, 9.17) is 30.2 Å². The smallest absolute Gasteiger partial charge is 0.113 e. The molecular formula is C10H8N2S3. The molecule has 0 aliphatic rings. The van der Waals surface area contributed by atoms with Gasteiger partial charge in [0, 0.05) is 5.56 Å². The van der Waals surface area contributed by atoms with Crippen molar-refractivity contribution in [2.75, 3.05) is 0 Å². The third kappa shape index (κ3) is 2.14. The van der Waals surface area contributed by atoms with Gasteiger partial charge in [-0.1, -0.05) is 30.5 Å². The molecule has 0 radical (unpaired) electrons. The number of thiocarbonyl (C=S) groups is 1. The topological polar surface area (TPSA) is 41.8 Å². The van der Waals surface area contributed by atoms with Crippen molar-refractivity contribution in [3.05, 3.63) is 39.8 Å². The van der Waals surface area contributed by atoms with Gasteiger partial charge in [-0.3, -0.25) is 0 Å². The first-order chi connectivity index (χ1) is 7.18. The van der Waals surface area contributed by atoms with E-state index in [0.29, 0.717) is 9.63 Å². The molecule has 0 fully saturated rings. The maximum atomic E-state index is 5.53. The van der Waals surface area contributed by atoms with Crippen LogP contribution in [-0.2, 0) is 0 Å². The zero-order chi connectivity index (χ0) is 10.8. The van der Waals surface area contributed by atoms with Crippen LogP contribution < -0.4 is 5.73 Å². The summed E-state index contributed by atoms with van der Waals surface area (Å²) in [6, 6.07) is 7.83. The molecule has 2 aromatic heterocycles. The fraction of sp³-hybridized carbons (Fsp3) is 0. The summed E-state index contributed by atoms with van der Waals surface area (Å²) < 4.78 is 0.591. The number of nitrogens with two attached hydrogens (primary N) is 1. The van der Waals surface area contributed by atoms with Crippen LogP contribution in [0.15, 0.2) is 29.6 Å². The molecule has 0 bridgehead atoms. The van der Waals surface area contributed by atoms with Crippen LogP contribution in [-0.4, -0.2) is 9.97 Å². The van der Waals surface area contributed by atoms with Crippen molar-refractivity contribution >= 4 is 40.8 Å². The molecule has 0 aliphatic heterocycles. The Hall–Kier alpha value is -1.04. The van der Waals surface area contributed by atoms with Gasteiger partial charge in [-0.25, -0.2) is 0 Å². The SMILES string of the molecule is NC(=S)c1ccc(-c2cccs2)[nH]c1=S. The van der Waals surface area contributed by atoms with Gasteiger partial charge in [0.05, 0.1) is 10.6 Å². The van der Waals surface area contributed by atoms with Gasteiger partial charge in [-0.2, -0.15) is 0 Å². The highest BCUT2D eigenvalue weighted by atomic mass is 32.1. The summed E-state index contributed by atoms with van der Waals surface area (Å²) in [4.78, 5) is 4.59. The molecule has 2 heterocycles. The van der Waals surface area contributed by atoms with Crippen LogP contribution in [0.3, 0.4) is 0 Å². The van der Waals surface area contributed by atoms with Gasteiger partial charge in [0.25, 0.3) is 0 Å². The highest BCUT2D eigenvalue weighted by Crippen LogP contribution is 2.22. The molecule has 0 saturated carbocycles. The number of hydrogen-bond donors (Lipinski definition) is 2. The fourth-order valence-corrected chi connectivity index (χ4v) is 2.47. The summed E-state index contributed by atoms with van der Waals surface area (Å²) in [5.41, 5.74) is 7.25. The van der Waals surface area contributed by atoms with E-state index < -0.39 is 0 Å². The molecule has 0 saturated heterocycles. The van der Waals surface area contributed by atoms with E-state index >= 15 is 0 Å². The lowest BCUT2D eigenvalue weighted by molar-refractivity contribution is 1.30. The molecule has 2 nitrogen and oxygen atoms in total. The van der Waals surface area contributed by atoms with E-state index in [2.05, 4.69) is 4.98 Å². The first-order valence-electron chi connectivity index (χ1n) is 4.25. The Bertz CT molecular complexity index is 540. The molecular weight excluding hydrogens is 244 g/mol. The maximum Gasteiger partial charge on any atom is 0.113 e. The lowest BCUT2D eigenvalue weighted by Crippen LogP contribution is -2.10. The Balaban J connectivity index is 2.52. The van der Waals surface area contributed by atoms with E-state index in [1.54, 1.807) is 11.3 Å². The molecule has 5 heteroatoms. The van der Waals surface area contributed by atoms with Crippen LogP contribution in [0.2, 0.25) is 0 Å². The molecule has 2 aromatic rings. The summed E-state index contributed by atoms with van der Waals surface area (Å²) in [5, 5.41) is 2.02. The summed E-state index contributed by atoms with van der Waals surface area (Å²) in [7, 11) is 0. The molecule has 0 atom stereocenters. The fourth-order valence-electron chi connectivity index (χ4n) is 1.24. The van der Waals surface area contributed by atoms with Crippen LogP contribution >= 0.6 is 35.8 Å². The Morgan fingerprint density at radius 3 is 2.67 bits per heavy atom. The number of nitrogens with one attached hydrogen (secondary N) is 1. The largest absolute Gasteiger partial charge is 0.389 e. The highest BCUT2D eigenvalue weighted by molar-refractivity contribution is 7.80. The van der Waals surface area contributed by atoms with E-state index in [-0.39, 0.29) is 0 Å². The van der Waals surface area contributed by atoms with E-state index in [1.165, 1.54) is 0 Å². The summed E-state index contributed by atoms with van der Waals surface area (Å²) in [6.07, 6.45) is 0. The molecule has 0 unspecified atom stereocenters. The number of hydrogen-bond acceptors (Lipinski definition) is 3. The zero-order valence-electron chi connectivity index (χ0n) is 7.69. The molecule has 2 rings (SSSR count). The summed E-state index contributed by atoms with van der Waals surface area (Å²) in [5.74, 6) is 0. The second-order valence-electron chi connectivity index (χ2n) is 2.96. The maximum absolute atomic E-state index is 5.53. The minimum Gasteiger partial charge on any atom is -0.389 e. The van der Waals surface area contributed by atoms with Gasteiger partial charge in [0.15, 0.2) is 0 Å². The summed E-state index contributed by atoms with van der Waals surface area (Å²) >= 11 is 11.7. The van der Waals surface area contributed by atoms with Gasteiger partial charge < -0.3 is 10.7 Å². The second kappa shape index (κ2) is 4.22. The van der Waals surface area contributed by atoms with Crippen LogP contribution in [0, 0.1) is 4.64 Å². The van der Waals surface area contributed by atoms with Crippen molar-refractivity contribution in [2.24, 2.45) is 5.73 Å². The minimum absolute atomic E-state index is 0.328. The van der Waals surface area contributed by atoms with Crippen molar-refractivity contribution in [1.29, 1.82) is 0 Å². The Morgan fingerprint density at radius 2 is 2.13 bits per heavy atom. The van der Waals surface area contributed by atoms with Crippen LogP contribution in [0.4, 0.5) is 0 Å². The molecule has 3 N–H and O–H groups in total. The Labute approximate surface area is 102 Å². The van der Waals surface area contributed by atoms with Crippen molar-refractivity contribution in [3.8, 4) is 10.6 Å².